The molecule has 0 saturated heterocycles. The molecule has 1 aliphatic heterocycles. The van der Waals surface area contributed by atoms with Crippen LogP contribution in [0.15, 0.2) is 48.5 Å². The number of rotatable bonds is 19. The third-order valence-electron chi connectivity index (χ3n) is 7.26. The van der Waals surface area contributed by atoms with Gasteiger partial charge < -0.3 is 23.8 Å². The number of Topliss-reactive ketones (excluding diaryl/α,β-unsaturated/α-hetero) is 2. The Hall–Kier alpha value is -3.77. The van der Waals surface area contributed by atoms with Gasteiger partial charge in [0.1, 0.15) is 17.3 Å². The molecule has 0 unspecified atom stereocenters. The van der Waals surface area contributed by atoms with Gasteiger partial charge in [-0.2, -0.15) is 0 Å². The molecular formula is C33H42N4O7. The zero-order valence-electron chi connectivity index (χ0n) is 25.7. The second-order valence-corrected chi connectivity index (χ2v) is 10.6. The van der Waals surface area contributed by atoms with Crippen molar-refractivity contribution in [3.8, 4) is 22.5 Å². The number of aryl methyl sites for hydroxylation is 1. The largest absolute Gasteiger partial charge is 0.379 e. The summed E-state index contributed by atoms with van der Waals surface area (Å²) in [6.45, 7) is 5.50. The van der Waals surface area contributed by atoms with Gasteiger partial charge in [0.2, 0.25) is 5.91 Å². The van der Waals surface area contributed by atoms with E-state index >= 15 is 0 Å². The lowest BCUT2D eigenvalue weighted by molar-refractivity contribution is -0.124. The van der Waals surface area contributed by atoms with Crippen LogP contribution in [-0.4, -0.2) is 85.3 Å². The van der Waals surface area contributed by atoms with E-state index in [4.69, 9.17) is 18.9 Å². The number of nitrogens with zero attached hydrogens (tertiary/aromatic N) is 4. The molecule has 236 valence electrons. The highest BCUT2D eigenvalue weighted by molar-refractivity contribution is 6.01. The van der Waals surface area contributed by atoms with Gasteiger partial charge in [-0.1, -0.05) is 47.7 Å². The number of benzene rings is 2. The number of ether oxygens (including phenoxy) is 4. The van der Waals surface area contributed by atoms with E-state index in [1.807, 2.05) is 55.6 Å². The number of carbonyl (C=O) groups excluding carboxylic acids is 3. The van der Waals surface area contributed by atoms with Gasteiger partial charge in [-0.25, -0.2) is 4.68 Å². The number of carbonyl (C=O) groups is 3. The summed E-state index contributed by atoms with van der Waals surface area (Å²) in [6, 6.07) is 15.7. The number of hydrogen-bond acceptors (Lipinski definition) is 9. The molecule has 44 heavy (non-hydrogen) atoms. The monoisotopic (exact) mass is 606 g/mol. The zero-order valence-corrected chi connectivity index (χ0v) is 25.7. The first kappa shape index (κ1) is 33.1. The fourth-order valence-electron chi connectivity index (χ4n) is 4.97. The lowest BCUT2D eigenvalue weighted by atomic mass is 9.95. The highest BCUT2D eigenvalue weighted by Crippen LogP contribution is 2.40. The van der Waals surface area contributed by atoms with E-state index in [9.17, 15) is 14.4 Å². The molecule has 2 heterocycles. The molecule has 1 aliphatic rings. The molecule has 0 saturated carbocycles. The van der Waals surface area contributed by atoms with Crippen LogP contribution >= 0.6 is 0 Å². The molecule has 4 rings (SSSR count). The number of fused-ring (bicyclic) bond motifs is 5. The van der Waals surface area contributed by atoms with Crippen molar-refractivity contribution >= 4 is 23.2 Å². The summed E-state index contributed by atoms with van der Waals surface area (Å²) in [5, 5.41) is 8.72. The van der Waals surface area contributed by atoms with Crippen LogP contribution in [0.25, 0.3) is 22.5 Å². The highest BCUT2D eigenvalue weighted by atomic mass is 16.6. The minimum absolute atomic E-state index is 0.0412. The van der Waals surface area contributed by atoms with Crippen molar-refractivity contribution in [2.45, 2.75) is 45.6 Å². The van der Waals surface area contributed by atoms with Crippen molar-refractivity contribution in [3.63, 3.8) is 0 Å². The summed E-state index contributed by atoms with van der Waals surface area (Å²) in [5.41, 5.74) is 5.23. The first-order valence-electron chi connectivity index (χ1n) is 15.2. The topological polar surface area (TPSA) is 122 Å². The van der Waals surface area contributed by atoms with Crippen LogP contribution in [0.4, 0.5) is 5.69 Å². The van der Waals surface area contributed by atoms with Crippen LogP contribution < -0.4 is 4.90 Å². The minimum atomic E-state index is -0.0999. The number of ketones is 2. The summed E-state index contributed by atoms with van der Waals surface area (Å²) in [4.78, 5) is 38.8. The molecule has 1 amide bonds. The van der Waals surface area contributed by atoms with Gasteiger partial charge in [0.15, 0.2) is 0 Å². The molecule has 11 heteroatoms. The Bertz CT molecular complexity index is 1390. The van der Waals surface area contributed by atoms with Gasteiger partial charge in [0, 0.05) is 50.5 Å². The van der Waals surface area contributed by atoms with Crippen LogP contribution in [0.5, 0.6) is 0 Å². The van der Waals surface area contributed by atoms with Gasteiger partial charge in [-0.3, -0.25) is 14.4 Å². The average Bonchev–Trinajstić information content (AvgIpc) is 3.40. The fraction of sp³-hybridized carbons (Fsp3) is 0.485. The van der Waals surface area contributed by atoms with Gasteiger partial charge in [0.25, 0.3) is 0 Å². The second-order valence-electron chi connectivity index (χ2n) is 10.6. The minimum Gasteiger partial charge on any atom is -0.379 e. The molecule has 0 spiro atoms. The van der Waals surface area contributed by atoms with E-state index in [1.54, 1.807) is 16.5 Å². The summed E-state index contributed by atoms with van der Waals surface area (Å²) >= 11 is 0. The van der Waals surface area contributed by atoms with Gasteiger partial charge in [-0.15, -0.1) is 5.10 Å². The number of hydrogen-bond donors (Lipinski definition) is 0. The smallest absolute Gasteiger partial charge is 0.227 e. The lowest BCUT2D eigenvalue weighted by Crippen LogP contribution is -2.32. The normalized spacial score (nSPS) is 12.2. The molecule has 0 bridgehead atoms. The molecule has 11 nitrogen and oxygen atoms in total. The first-order chi connectivity index (χ1) is 21.5. The van der Waals surface area contributed by atoms with Crippen LogP contribution in [0.1, 0.15) is 44.6 Å². The number of anilines is 1. The second kappa shape index (κ2) is 17.5. The molecule has 0 N–H and O–H groups in total. The van der Waals surface area contributed by atoms with Crippen molar-refractivity contribution in [3.05, 3.63) is 54.1 Å². The van der Waals surface area contributed by atoms with Crippen molar-refractivity contribution in [1.29, 1.82) is 0 Å². The molecule has 3 aromatic rings. The number of amides is 1. The molecule has 0 atom stereocenters. The summed E-state index contributed by atoms with van der Waals surface area (Å²) < 4.78 is 23.5. The van der Waals surface area contributed by atoms with Crippen molar-refractivity contribution in [1.82, 2.24) is 15.0 Å². The van der Waals surface area contributed by atoms with Crippen LogP contribution in [-0.2, 0) is 46.9 Å². The lowest BCUT2D eigenvalue weighted by Gasteiger charge is -2.28. The predicted octanol–water partition coefficient (Wildman–Crippen LogP) is 4.17. The highest BCUT2D eigenvalue weighted by Gasteiger charge is 2.28. The average molecular weight is 607 g/mol. The SMILES string of the molecule is CC(=O)CCOCCOCCOCCOCCCC(=O)CCC(=O)N1Cc2ccccc2-c2nnn(C)c2-c2ccccc21. The van der Waals surface area contributed by atoms with Gasteiger partial charge in [0.05, 0.1) is 64.2 Å². The molecule has 0 fully saturated rings. The summed E-state index contributed by atoms with van der Waals surface area (Å²) in [7, 11) is 1.85. The zero-order chi connectivity index (χ0) is 31.1. The number of aromatic nitrogens is 3. The fourth-order valence-corrected chi connectivity index (χ4v) is 4.97. The third-order valence-corrected chi connectivity index (χ3v) is 7.26. The van der Waals surface area contributed by atoms with Crippen molar-refractivity contribution in [2.75, 3.05) is 57.8 Å². The van der Waals surface area contributed by atoms with Crippen molar-refractivity contribution < 1.29 is 33.3 Å². The van der Waals surface area contributed by atoms with Crippen LogP contribution in [0.2, 0.25) is 0 Å². The molecule has 2 aromatic carbocycles. The standard InChI is InChI=1S/C33H42N4O7/c1-25(38)15-17-42-19-21-44-23-22-43-20-18-41-16-7-9-27(39)13-14-31(40)37-24-26-8-3-4-10-28(26)32-33(36(2)35-34-32)29-11-5-6-12-30(29)37/h3-6,8,10-12H,7,9,13-24H2,1-2H3. The van der Waals surface area contributed by atoms with Gasteiger partial charge >= 0.3 is 0 Å². The molecule has 0 radical (unpaired) electrons. The Labute approximate surface area is 258 Å². The quantitative estimate of drug-likeness (QED) is 0.185. The van der Waals surface area contributed by atoms with E-state index in [-0.39, 0.29) is 30.3 Å². The Balaban J connectivity index is 1.14. The Morgan fingerprint density at radius 2 is 1.34 bits per heavy atom. The Morgan fingerprint density at radius 3 is 2.05 bits per heavy atom. The van der Waals surface area contributed by atoms with Crippen LogP contribution in [0.3, 0.4) is 0 Å². The van der Waals surface area contributed by atoms with Gasteiger partial charge in [-0.05, 0) is 25.0 Å². The maximum absolute atomic E-state index is 13.6. The maximum atomic E-state index is 13.6. The van der Waals surface area contributed by atoms with E-state index in [0.29, 0.717) is 78.7 Å². The van der Waals surface area contributed by atoms with E-state index in [2.05, 4.69) is 10.3 Å². The van der Waals surface area contributed by atoms with E-state index < -0.39 is 0 Å². The maximum Gasteiger partial charge on any atom is 0.227 e. The molecular weight excluding hydrogens is 564 g/mol. The van der Waals surface area contributed by atoms with E-state index in [0.717, 1.165) is 33.8 Å². The third kappa shape index (κ3) is 9.62. The Kier molecular flexibility index (Phi) is 13.2. The van der Waals surface area contributed by atoms with E-state index in [1.165, 1.54) is 0 Å². The molecule has 1 aromatic heterocycles. The summed E-state index contributed by atoms with van der Waals surface area (Å²) in [6.07, 6.45) is 1.69. The Morgan fingerprint density at radius 1 is 0.727 bits per heavy atom. The first-order valence-corrected chi connectivity index (χ1v) is 15.2. The predicted molar refractivity (Wildman–Crippen MR) is 165 cm³/mol. The summed E-state index contributed by atoms with van der Waals surface area (Å²) in [5.74, 6) is 0.0536. The van der Waals surface area contributed by atoms with Crippen molar-refractivity contribution in [2.24, 2.45) is 7.05 Å². The number of para-hydroxylation sites is 1. The molecule has 0 aliphatic carbocycles. The van der Waals surface area contributed by atoms with Crippen LogP contribution in [0, 0.1) is 0 Å².